The van der Waals surface area contributed by atoms with Crippen molar-refractivity contribution in [2.75, 3.05) is 20.2 Å². The van der Waals surface area contributed by atoms with Gasteiger partial charge in [0.2, 0.25) is 5.91 Å². The van der Waals surface area contributed by atoms with Crippen molar-refractivity contribution < 1.29 is 27.5 Å². The number of likely N-dealkylation sites (tertiary alicyclic amines) is 1. The van der Waals surface area contributed by atoms with Crippen LogP contribution in [0.1, 0.15) is 54.9 Å². The number of nitrogens with two attached hydrogens (primary N) is 1. The summed E-state index contributed by atoms with van der Waals surface area (Å²) < 4.78 is 46.3. The molecule has 0 bridgehead atoms. The molecule has 8 nitrogen and oxygen atoms in total. The average Bonchev–Trinajstić information content (AvgIpc) is 3.73. The fourth-order valence-electron chi connectivity index (χ4n) is 4.14. The molecular formula is C28H30F3N5O3S. The van der Waals surface area contributed by atoms with Gasteiger partial charge in [0, 0.05) is 29.4 Å². The van der Waals surface area contributed by atoms with Crippen LogP contribution >= 0.6 is 11.8 Å². The Bertz CT molecular complexity index is 1380. The van der Waals surface area contributed by atoms with Gasteiger partial charge in [-0.2, -0.15) is 0 Å². The molecule has 2 fully saturated rings. The Hall–Kier alpha value is -3.72. The number of allylic oxidation sites excluding steroid dienone is 1. The van der Waals surface area contributed by atoms with Crippen LogP contribution in [-0.2, 0) is 11.2 Å². The maximum Gasteiger partial charge on any atom is 0.280 e. The first-order valence-electron chi connectivity index (χ1n) is 12.7. The van der Waals surface area contributed by atoms with Gasteiger partial charge in [0.05, 0.1) is 54.4 Å². The molecule has 12 heteroatoms. The highest BCUT2D eigenvalue weighted by Crippen LogP contribution is 2.35. The zero-order valence-corrected chi connectivity index (χ0v) is 23.2. The molecule has 1 aliphatic carbocycles. The molecular weight excluding hydrogens is 543 g/mol. The van der Waals surface area contributed by atoms with Crippen LogP contribution in [0.2, 0.25) is 0 Å². The van der Waals surface area contributed by atoms with E-state index in [1.165, 1.54) is 49.2 Å². The second-order valence-corrected chi connectivity index (χ2v) is 11.4. The minimum absolute atomic E-state index is 0.0189. The van der Waals surface area contributed by atoms with Crippen molar-refractivity contribution in [3.63, 3.8) is 0 Å². The van der Waals surface area contributed by atoms with Gasteiger partial charge in [-0.05, 0) is 38.8 Å². The third-order valence-corrected chi connectivity index (χ3v) is 7.28. The van der Waals surface area contributed by atoms with Gasteiger partial charge in [0.15, 0.2) is 0 Å². The molecule has 1 saturated carbocycles. The SMILES string of the molecule is COc1cnc(C(F)F)cc1-c1cc(CC(=O)N2CC(C)(F)C2)ncc1C(=O)NC(C)S/C(C#CC1CC1)=C\N. The molecule has 0 radical (unpaired) electrons. The van der Waals surface area contributed by atoms with Crippen molar-refractivity contribution >= 4 is 23.6 Å². The molecule has 1 saturated heterocycles. The second-order valence-electron chi connectivity index (χ2n) is 9.98. The number of halogens is 3. The van der Waals surface area contributed by atoms with Crippen molar-refractivity contribution in [3.8, 4) is 28.7 Å². The summed E-state index contributed by atoms with van der Waals surface area (Å²) in [7, 11) is 1.36. The minimum Gasteiger partial charge on any atom is -0.494 e. The van der Waals surface area contributed by atoms with E-state index in [-0.39, 0.29) is 53.6 Å². The third kappa shape index (κ3) is 7.27. The van der Waals surface area contributed by atoms with Gasteiger partial charge in [0.1, 0.15) is 17.1 Å². The lowest BCUT2D eigenvalue weighted by Gasteiger charge is -2.42. The smallest absolute Gasteiger partial charge is 0.280 e. The van der Waals surface area contributed by atoms with Crippen LogP contribution in [0, 0.1) is 17.8 Å². The van der Waals surface area contributed by atoms with Crippen LogP contribution in [0.15, 0.2) is 35.6 Å². The quantitative estimate of drug-likeness (QED) is 0.341. The molecule has 0 aromatic carbocycles. The molecule has 1 aliphatic heterocycles. The van der Waals surface area contributed by atoms with Crippen LogP contribution in [0.25, 0.3) is 11.1 Å². The average molecular weight is 574 g/mol. The Kier molecular flexibility index (Phi) is 8.93. The highest BCUT2D eigenvalue weighted by Gasteiger charge is 2.41. The van der Waals surface area contributed by atoms with Gasteiger partial charge >= 0.3 is 0 Å². The molecule has 2 amide bonds. The maximum absolute atomic E-state index is 13.9. The van der Waals surface area contributed by atoms with E-state index < -0.39 is 29.1 Å². The number of alkyl halides is 3. The zero-order chi connectivity index (χ0) is 29.0. The van der Waals surface area contributed by atoms with Gasteiger partial charge in [-0.3, -0.25) is 19.6 Å². The van der Waals surface area contributed by atoms with E-state index in [0.29, 0.717) is 10.8 Å². The predicted molar refractivity (Wildman–Crippen MR) is 146 cm³/mol. The Morgan fingerprint density at radius 1 is 1.27 bits per heavy atom. The van der Waals surface area contributed by atoms with Crippen LogP contribution in [0.3, 0.4) is 0 Å². The molecule has 2 aromatic heterocycles. The van der Waals surface area contributed by atoms with E-state index in [9.17, 15) is 22.8 Å². The Balaban J connectivity index is 1.63. The molecule has 4 rings (SSSR count). The van der Waals surface area contributed by atoms with Crippen LogP contribution in [-0.4, -0.2) is 57.9 Å². The Morgan fingerprint density at radius 3 is 2.60 bits per heavy atom. The van der Waals surface area contributed by atoms with E-state index >= 15 is 0 Å². The Morgan fingerprint density at radius 2 is 2.00 bits per heavy atom. The van der Waals surface area contributed by atoms with Crippen LogP contribution in [0.4, 0.5) is 13.2 Å². The number of amides is 2. The number of nitrogens with one attached hydrogen (secondary N) is 1. The first-order chi connectivity index (χ1) is 19.0. The summed E-state index contributed by atoms with van der Waals surface area (Å²) in [6.45, 7) is 3.14. The summed E-state index contributed by atoms with van der Waals surface area (Å²) in [6.07, 6.45) is 2.95. The van der Waals surface area contributed by atoms with Gasteiger partial charge in [-0.15, -0.1) is 0 Å². The summed E-state index contributed by atoms with van der Waals surface area (Å²) in [5, 5.41) is 2.41. The summed E-state index contributed by atoms with van der Waals surface area (Å²) in [5.41, 5.74) is 4.56. The minimum atomic E-state index is -2.86. The number of nitrogens with zero attached hydrogens (tertiary/aromatic N) is 3. The van der Waals surface area contributed by atoms with Gasteiger partial charge in [0.25, 0.3) is 12.3 Å². The van der Waals surface area contributed by atoms with E-state index in [0.717, 1.165) is 25.1 Å². The first-order valence-corrected chi connectivity index (χ1v) is 13.6. The fourth-order valence-corrected chi connectivity index (χ4v) is 4.88. The molecule has 3 heterocycles. The topological polar surface area (TPSA) is 110 Å². The predicted octanol–water partition coefficient (Wildman–Crippen LogP) is 4.23. The monoisotopic (exact) mass is 573 g/mol. The highest BCUT2D eigenvalue weighted by molar-refractivity contribution is 8.03. The number of ether oxygens (including phenoxy) is 1. The number of hydrogen-bond donors (Lipinski definition) is 2. The summed E-state index contributed by atoms with van der Waals surface area (Å²) >= 11 is 1.27. The zero-order valence-electron chi connectivity index (χ0n) is 22.3. The van der Waals surface area contributed by atoms with Crippen LogP contribution in [0.5, 0.6) is 5.75 Å². The van der Waals surface area contributed by atoms with Gasteiger partial charge in [-0.1, -0.05) is 23.6 Å². The van der Waals surface area contributed by atoms with E-state index in [4.69, 9.17) is 10.5 Å². The van der Waals surface area contributed by atoms with Crippen molar-refractivity contribution in [1.29, 1.82) is 0 Å². The third-order valence-electron chi connectivity index (χ3n) is 6.32. The van der Waals surface area contributed by atoms with E-state index in [1.54, 1.807) is 6.92 Å². The normalized spacial score (nSPS) is 17.0. The van der Waals surface area contributed by atoms with Gasteiger partial charge in [-0.25, -0.2) is 13.2 Å². The lowest BCUT2D eigenvalue weighted by atomic mass is 9.96. The van der Waals surface area contributed by atoms with Crippen molar-refractivity contribution in [3.05, 3.63) is 52.6 Å². The van der Waals surface area contributed by atoms with Crippen molar-refractivity contribution in [1.82, 2.24) is 20.2 Å². The molecule has 0 spiro atoms. The van der Waals surface area contributed by atoms with E-state index in [1.807, 2.05) is 0 Å². The molecule has 2 aromatic rings. The molecule has 2 aliphatic rings. The number of pyridine rings is 2. The molecule has 1 atom stereocenters. The summed E-state index contributed by atoms with van der Waals surface area (Å²) in [5.74, 6) is 5.83. The first kappa shape index (κ1) is 29.3. The van der Waals surface area contributed by atoms with E-state index in [2.05, 4.69) is 27.1 Å². The lowest BCUT2D eigenvalue weighted by Crippen LogP contribution is -2.59. The lowest BCUT2D eigenvalue weighted by molar-refractivity contribution is -0.143. The number of methoxy groups -OCH3 is 1. The highest BCUT2D eigenvalue weighted by atomic mass is 32.2. The number of aromatic nitrogens is 2. The Labute approximate surface area is 235 Å². The standard InChI is InChI=1S/C28H30F3N5O3S/c1-16(40-19(11-32)7-6-17-4-5-17)35-27(38)22-12-33-18(9-25(37)36-14-28(2,31)15-36)8-20(22)21-10-23(26(29)30)34-13-24(21)39-3/h8,10-13,16-17,26H,4-5,9,14-15,32H2,1-3H3,(H,35,38)/b19-11-. The maximum atomic E-state index is 13.9. The number of carbonyl (C=O) groups is 2. The number of hydrogen-bond acceptors (Lipinski definition) is 7. The molecule has 40 heavy (non-hydrogen) atoms. The molecule has 212 valence electrons. The molecule has 3 N–H and O–H groups in total. The number of thioether (sulfide) groups is 1. The number of rotatable bonds is 9. The number of carbonyl (C=O) groups excluding carboxylic acids is 2. The van der Waals surface area contributed by atoms with Crippen LogP contribution < -0.4 is 15.8 Å². The largest absolute Gasteiger partial charge is 0.494 e. The molecule has 1 unspecified atom stereocenters. The fraction of sp³-hybridized carbons (Fsp3) is 0.429. The van der Waals surface area contributed by atoms with Crippen molar-refractivity contribution in [2.45, 2.75) is 50.6 Å². The van der Waals surface area contributed by atoms with Crippen molar-refractivity contribution in [2.24, 2.45) is 11.7 Å². The summed E-state index contributed by atoms with van der Waals surface area (Å²) in [4.78, 5) is 36.1. The van der Waals surface area contributed by atoms with Gasteiger partial charge < -0.3 is 20.7 Å². The second kappa shape index (κ2) is 12.2. The summed E-state index contributed by atoms with van der Waals surface area (Å²) in [6, 6.07) is 2.63.